The van der Waals surface area contributed by atoms with E-state index in [-0.39, 0.29) is 5.57 Å². The van der Waals surface area contributed by atoms with Gasteiger partial charge in [0.1, 0.15) is 17.4 Å². The second-order valence-electron chi connectivity index (χ2n) is 7.69. The first-order valence-electron chi connectivity index (χ1n) is 10.5. The summed E-state index contributed by atoms with van der Waals surface area (Å²) in [5.74, 6) is 0.845. The van der Waals surface area contributed by atoms with E-state index in [1.54, 1.807) is 43.1 Å². The largest absolute Gasteiger partial charge is 0.497 e. The quantitative estimate of drug-likeness (QED) is 0.351. The molecule has 0 spiro atoms. The van der Waals surface area contributed by atoms with Crippen molar-refractivity contribution >= 4 is 17.7 Å². The van der Waals surface area contributed by atoms with E-state index in [2.05, 4.69) is 25.4 Å². The predicted molar refractivity (Wildman–Crippen MR) is 128 cm³/mol. The minimum absolute atomic E-state index is 0.000656. The summed E-state index contributed by atoms with van der Waals surface area (Å²) in [5.41, 5.74) is 4.94. The molecule has 0 atom stereocenters. The van der Waals surface area contributed by atoms with Crippen molar-refractivity contribution in [1.82, 2.24) is 24.8 Å². The average molecular weight is 454 g/mol. The Kier molecular flexibility index (Phi) is 6.23. The standard InChI is InChI=1S/C25H23N7O2/c1-16-12-19(17(2)32(16)22-8-10-23(34-4)11-9-22)13-20(15-26)25(33)27-21-7-5-6-18(14-21)24-28-29-30-31(24)3/h5-14H,1-4H3,(H,27,33)/b20-13+. The maximum Gasteiger partial charge on any atom is 0.266 e. The van der Waals surface area contributed by atoms with Gasteiger partial charge in [-0.1, -0.05) is 12.1 Å². The Bertz CT molecular complexity index is 1420. The predicted octanol–water partition coefficient (Wildman–Crippen LogP) is 3.84. The number of methoxy groups -OCH3 is 1. The number of hydrogen-bond acceptors (Lipinski definition) is 6. The van der Waals surface area contributed by atoms with E-state index in [0.29, 0.717) is 11.5 Å². The van der Waals surface area contributed by atoms with Gasteiger partial charge in [0.2, 0.25) is 0 Å². The lowest BCUT2D eigenvalue weighted by Gasteiger charge is -2.10. The number of hydrogen-bond donors (Lipinski definition) is 1. The third-order valence-electron chi connectivity index (χ3n) is 5.46. The zero-order valence-electron chi connectivity index (χ0n) is 19.3. The number of nitriles is 1. The van der Waals surface area contributed by atoms with Gasteiger partial charge in [0, 0.05) is 35.4 Å². The number of rotatable bonds is 6. The highest BCUT2D eigenvalue weighted by molar-refractivity contribution is 6.09. The van der Waals surface area contributed by atoms with Crippen molar-refractivity contribution in [2.24, 2.45) is 7.05 Å². The molecule has 0 aliphatic heterocycles. The van der Waals surface area contributed by atoms with Gasteiger partial charge in [0.05, 0.1) is 7.11 Å². The molecule has 0 bridgehead atoms. The molecule has 34 heavy (non-hydrogen) atoms. The van der Waals surface area contributed by atoms with Gasteiger partial charge in [-0.25, -0.2) is 4.68 Å². The van der Waals surface area contributed by atoms with E-state index in [1.165, 1.54) is 0 Å². The van der Waals surface area contributed by atoms with Crippen molar-refractivity contribution in [2.75, 3.05) is 12.4 Å². The highest BCUT2D eigenvalue weighted by Crippen LogP contribution is 2.25. The molecule has 0 radical (unpaired) electrons. The van der Waals surface area contributed by atoms with Gasteiger partial charge in [-0.2, -0.15) is 5.26 Å². The van der Waals surface area contributed by atoms with Crippen LogP contribution in [-0.4, -0.2) is 37.8 Å². The molecule has 9 heteroatoms. The van der Waals surface area contributed by atoms with E-state index < -0.39 is 5.91 Å². The van der Waals surface area contributed by atoms with Crippen molar-refractivity contribution in [3.8, 4) is 28.9 Å². The van der Waals surface area contributed by atoms with Crippen LogP contribution in [0.4, 0.5) is 5.69 Å². The molecule has 1 N–H and O–H groups in total. The molecule has 4 aromatic rings. The van der Waals surface area contributed by atoms with Crippen molar-refractivity contribution in [2.45, 2.75) is 13.8 Å². The van der Waals surface area contributed by atoms with Gasteiger partial charge in [-0.05, 0) is 78.4 Å². The molecular weight excluding hydrogens is 430 g/mol. The summed E-state index contributed by atoms with van der Waals surface area (Å²) >= 11 is 0. The SMILES string of the molecule is COc1ccc(-n2c(C)cc(/C=C(\C#N)C(=O)Nc3cccc(-c4nnnn4C)c3)c2C)cc1. The zero-order valence-corrected chi connectivity index (χ0v) is 19.3. The van der Waals surface area contributed by atoms with Crippen LogP contribution in [0.3, 0.4) is 0 Å². The minimum atomic E-state index is -0.495. The number of ether oxygens (including phenoxy) is 1. The second kappa shape index (κ2) is 9.42. The van der Waals surface area contributed by atoms with Crippen molar-refractivity contribution < 1.29 is 9.53 Å². The summed E-state index contributed by atoms with van der Waals surface area (Å²) in [6, 6.07) is 18.8. The Labute approximate surface area is 196 Å². The van der Waals surface area contributed by atoms with Crippen LogP contribution >= 0.6 is 0 Å². The van der Waals surface area contributed by atoms with Gasteiger partial charge in [0.25, 0.3) is 5.91 Å². The third-order valence-corrected chi connectivity index (χ3v) is 5.46. The number of tetrazole rings is 1. The first-order chi connectivity index (χ1) is 16.4. The highest BCUT2D eigenvalue weighted by atomic mass is 16.5. The molecule has 4 rings (SSSR count). The maximum atomic E-state index is 12.9. The van der Waals surface area contributed by atoms with Gasteiger partial charge in [-0.3, -0.25) is 4.79 Å². The van der Waals surface area contributed by atoms with Crippen LogP contribution in [-0.2, 0) is 11.8 Å². The minimum Gasteiger partial charge on any atom is -0.497 e. The molecule has 0 fully saturated rings. The Hall–Kier alpha value is -4.71. The number of nitrogens with one attached hydrogen (secondary N) is 1. The van der Waals surface area contributed by atoms with Crippen LogP contribution in [0.5, 0.6) is 5.75 Å². The van der Waals surface area contributed by atoms with Gasteiger partial charge >= 0.3 is 0 Å². The summed E-state index contributed by atoms with van der Waals surface area (Å²) in [5, 5.41) is 23.9. The number of carbonyl (C=O) groups is 1. The van der Waals surface area contributed by atoms with E-state index in [4.69, 9.17) is 4.74 Å². The van der Waals surface area contributed by atoms with E-state index in [0.717, 1.165) is 34.0 Å². The molecule has 2 aromatic heterocycles. The number of amides is 1. The van der Waals surface area contributed by atoms with Crippen LogP contribution in [0, 0.1) is 25.2 Å². The van der Waals surface area contributed by atoms with Gasteiger partial charge < -0.3 is 14.6 Å². The van der Waals surface area contributed by atoms with Crippen LogP contribution in [0.1, 0.15) is 17.0 Å². The van der Waals surface area contributed by atoms with E-state index in [9.17, 15) is 10.1 Å². The van der Waals surface area contributed by atoms with Crippen LogP contribution < -0.4 is 10.1 Å². The van der Waals surface area contributed by atoms with Gasteiger partial charge in [-0.15, -0.1) is 5.10 Å². The lowest BCUT2D eigenvalue weighted by Crippen LogP contribution is -2.13. The molecule has 0 unspecified atom stereocenters. The van der Waals surface area contributed by atoms with E-state index in [1.807, 2.05) is 56.3 Å². The Morgan fingerprint density at radius 2 is 1.91 bits per heavy atom. The number of carbonyl (C=O) groups excluding carboxylic acids is 1. The molecular formula is C25H23N7O2. The van der Waals surface area contributed by atoms with Crippen molar-refractivity contribution in [3.05, 3.63) is 77.1 Å². The van der Waals surface area contributed by atoms with Crippen LogP contribution in [0.25, 0.3) is 23.2 Å². The Morgan fingerprint density at radius 1 is 1.15 bits per heavy atom. The number of aromatic nitrogens is 5. The maximum absolute atomic E-state index is 12.9. The van der Waals surface area contributed by atoms with E-state index >= 15 is 0 Å². The first kappa shape index (κ1) is 22.5. The fourth-order valence-electron chi connectivity index (χ4n) is 3.77. The molecule has 1 amide bonds. The molecule has 2 aromatic carbocycles. The smallest absolute Gasteiger partial charge is 0.266 e. The third kappa shape index (κ3) is 4.42. The molecule has 0 saturated carbocycles. The zero-order chi connectivity index (χ0) is 24.2. The Balaban J connectivity index is 1.60. The molecule has 0 aliphatic carbocycles. The molecule has 9 nitrogen and oxygen atoms in total. The number of anilines is 1. The molecule has 0 aliphatic rings. The second-order valence-corrected chi connectivity index (χ2v) is 7.69. The number of aryl methyl sites for hydroxylation is 2. The summed E-state index contributed by atoms with van der Waals surface area (Å²) in [4.78, 5) is 12.9. The number of nitrogens with zero attached hydrogens (tertiary/aromatic N) is 6. The fourth-order valence-corrected chi connectivity index (χ4v) is 3.77. The lowest BCUT2D eigenvalue weighted by atomic mass is 10.1. The monoisotopic (exact) mass is 453 g/mol. The normalized spacial score (nSPS) is 11.2. The van der Waals surface area contributed by atoms with Crippen molar-refractivity contribution in [3.63, 3.8) is 0 Å². The van der Waals surface area contributed by atoms with Crippen LogP contribution in [0.15, 0.2) is 60.2 Å². The van der Waals surface area contributed by atoms with Crippen LogP contribution in [0.2, 0.25) is 0 Å². The molecule has 170 valence electrons. The lowest BCUT2D eigenvalue weighted by molar-refractivity contribution is -0.112. The highest BCUT2D eigenvalue weighted by Gasteiger charge is 2.15. The first-order valence-corrected chi connectivity index (χ1v) is 10.5. The summed E-state index contributed by atoms with van der Waals surface area (Å²) in [6.45, 7) is 3.93. The molecule has 2 heterocycles. The Morgan fingerprint density at radius 3 is 2.56 bits per heavy atom. The summed E-state index contributed by atoms with van der Waals surface area (Å²) in [7, 11) is 3.36. The number of benzene rings is 2. The summed E-state index contributed by atoms with van der Waals surface area (Å²) < 4.78 is 8.84. The molecule has 0 saturated heterocycles. The van der Waals surface area contributed by atoms with Gasteiger partial charge in [0.15, 0.2) is 5.82 Å². The summed E-state index contributed by atoms with van der Waals surface area (Å²) in [6.07, 6.45) is 1.61. The fraction of sp³-hybridized carbons (Fsp3) is 0.160. The van der Waals surface area contributed by atoms with Crippen molar-refractivity contribution in [1.29, 1.82) is 5.26 Å². The topological polar surface area (TPSA) is 111 Å². The average Bonchev–Trinajstić information content (AvgIpc) is 3.39.